The molecular weight excluding hydrogens is 275 g/mol. The van der Waals surface area contributed by atoms with Crippen LogP contribution in [-0.2, 0) is 6.54 Å². The zero-order valence-electron chi connectivity index (χ0n) is 12.1. The molecular formula is C15H21FN2O3. The van der Waals surface area contributed by atoms with Crippen molar-refractivity contribution in [2.75, 3.05) is 7.11 Å². The maximum atomic E-state index is 13.3. The van der Waals surface area contributed by atoms with E-state index in [9.17, 15) is 14.3 Å². The van der Waals surface area contributed by atoms with Gasteiger partial charge >= 0.3 is 6.03 Å². The van der Waals surface area contributed by atoms with Crippen LogP contribution in [0.2, 0.25) is 0 Å². The largest absolute Gasteiger partial charge is 0.497 e. The number of halogens is 1. The molecule has 116 valence electrons. The first-order chi connectivity index (χ1) is 10.1. The van der Waals surface area contributed by atoms with Gasteiger partial charge in [0.05, 0.1) is 19.3 Å². The predicted octanol–water partition coefficient (Wildman–Crippen LogP) is 1.94. The molecule has 0 bridgehead atoms. The summed E-state index contributed by atoms with van der Waals surface area (Å²) in [7, 11) is 1.46. The van der Waals surface area contributed by atoms with Gasteiger partial charge in [-0.2, -0.15) is 0 Å². The number of aliphatic hydroxyl groups is 1. The molecule has 0 aromatic heterocycles. The van der Waals surface area contributed by atoms with Crippen molar-refractivity contribution in [1.29, 1.82) is 0 Å². The zero-order valence-corrected chi connectivity index (χ0v) is 12.1. The van der Waals surface area contributed by atoms with E-state index in [0.29, 0.717) is 17.7 Å². The van der Waals surface area contributed by atoms with E-state index in [1.54, 1.807) is 6.07 Å². The Labute approximate surface area is 123 Å². The third kappa shape index (κ3) is 4.60. The molecule has 1 aliphatic rings. The Morgan fingerprint density at radius 2 is 2.14 bits per heavy atom. The number of urea groups is 1. The Kier molecular flexibility index (Phi) is 5.38. The molecule has 1 aliphatic carbocycles. The lowest BCUT2D eigenvalue weighted by Gasteiger charge is -2.28. The minimum Gasteiger partial charge on any atom is -0.497 e. The molecule has 1 aromatic carbocycles. The Hall–Kier alpha value is -1.82. The first-order valence-corrected chi connectivity index (χ1v) is 7.14. The van der Waals surface area contributed by atoms with Crippen LogP contribution >= 0.6 is 0 Å². The average Bonchev–Trinajstić information content (AvgIpc) is 2.47. The fourth-order valence-electron chi connectivity index (χ4n) is 2.52. The van der Waals surface area contributed by atoms with Crippen LogP contribution in [0, 0.1) is 5.82 Å². The summed E-state index contributed by atoms with van der Waals surface area (Å²) in [6.07, 6.45) is 3.00. The molecule has 2 atom stereocenters. The molecule has 0 heterocycles. The van der Waals surface area contributed by atoms with Crippen molar-refractivity contribution in [3.05, 3.63) is 29.6 Å². The first-order valence-electron chi connectivity index (χ1n) is 7.14. The number of carbonyl (C=O) groups is 1. The number of ether oxygens (including phenoxy) is 1. The lowest BCUT2D eigenvalue weighted by Crippen LogP contribution is -2.48. The van der Waals surface area contributed by atoms with Gasteiger partial charge in [0, 0.05) is 12.6 Å². The summed E-state index contributed by atoms with van der Waals surface area (Å²) < 4.78 is 18.3. The molecule has 2 rings (SSSR count). The quantitative estimate of drug-likeness (QED) is 0.795. The maximum absolute atomic E-state index is 13.3. The molecule has 21 heavy (non-hydrogen) atoms. The fourth-order valence-corrected chi connectivity index (χ4v) is 2.52. The van der Waals surface area contributed by atoms with Crippen LogP contribution in [0.4, 0.5) is 9.18 Å². The summed E-state index contributed by atoms with van der Waals surface area (Å²) in [6, 6.07) is 3.73. The molecule has 6 heteroatoms. The van der Waals surface area contributed by atoms with Crippen LogP contribution in [0.5, 0.6) is 5.75 Å². The van der Waals surface area contributed by atoms with Gasteiger partial charge in [-0.25, -0.2) is 9.18 Å². The van der Waals surface area contributed by atoms with Gasteiger partial charge in [-0.05, 0) is 30.5 Å². The summed E-state index contributed by atoms with van der Waals surface area (Å²) in [4.78, 5) is 11.8. The monoisotopic (exact) mass is 296 g/mol. The van der Waals surface area contributed by atoms with Crippen molar-refractivity contribution in [1.82, 2.24) is 10.6 Å². The van der Waals surface area contributed by atoms with Gasteiger partial charge in [0.15, 0.2) is 0 Å². The van der Waals surface area contributed by atoms with Gasteiger partial charge in [-0.15, -0.1) is 0 Å². The van der Waals surface area contributed by atoms with Crippen LogP contribution < -0.4 is 15.4 Å². The molecule has 0 radical (unpaired) electrons. The summed E-state index contributed by atoms with van der Waals surface area (Å²) in [6.45, 7) is 0.197. The molecule has 1 aromatic rings. The van der Waals surface area contributed by atoms with Crippen LogP contribution in [-0.4, -0.2) is 30.4 Å². The minimum atomic E-state index is -0.487. The van der Waals surface area contributed by atoms with E-state index in [1.807, 2.05) is 0 Å². The number of methoxy groups -OCH3 is 1. The smallest absolute Gasteiger partial charge is 0.315 e. The van der Waals surface area contributed by atoms with Gasteiger partial charge in [0.2, 0.25) is 0 Å². The average molecular weight is 296 g/mol. The second-order valence-electron chi connectivity index (χ2n) is 5.28. The third-order valence-corrected chi connectivity index (χ3v) is 3.67. The summed E-state index contributed by atoms with van der Waals surface area (Å²) in [5.41, 5.74) is 0.617. The van der Waals surface area contributed by atoms with E-state index in [2.05, 4.69) is 10.6 Å². The van der Waals surface area contributed by atoms with E-state index in [4.69, 9.17) is 4.74 Å². The van der Waals surface area contributed by atoms with Crippen molar-refractivity contribution >= 4 is 6.03 Å². The van der Waals surface area contributed by atoms with Gasteiger partial charge in [0.1, 0.15) is 11.6 Å². The second kappa shape index (κ2) is 7.26. The van der Waals surface area contributed by atoms with E-state index in [0.717, 1.165) is 19.3 Å². The van der Waals surface area contributed by atoms with Crippen LogP contribution in [0.1, 0.15) is 31.2 Å². The molecule has 3 N–H and O–H groups in total. The van der Waals surface area contributed by atoms with Gasteiger partial charge in [-0.1, -0.05) is 12.8 Å². The van der Waals surface area contributed by atoms with E-state index < -0.39 is 11.9 Å². The highest BCUT2D eigenvalue weighted by molar-refractivity contribution is 5.74. The number of carbonyl (C=O) groups excluding carboxylic acids is 1. The van der Waals surface area contributed by atoms with E-state index >= 15 is 0 Å². The Morgan fingerprint density at radius 3 is 2.86 bits per heavy atom. The van der Waals surface area contributed by atoms with Crippen LogP contribution in [0.15, 0.2) is 18.2 Å². The lowest BCUT2D eigenvalue weighted by molar-refractivity contribution is 0.0943. The number of nitrogens with one attached hydrogen (secondary N) is 2. The Morgan fingerprint density at radius 1 is 1.38 bits per heavy atom. The molecule has 1 fully saturated rings. The minimum absolute atomic E-state index is 0.197. The number of benzene rings is 1. The second-order valence-corrected chi connectivity index (χ2v) is 5.28. The van der Waals surface area contributed by atoms with Gasteiger partial charge < -0.3 is 20.5 Å². The number of hydrogen-bond acceptors (Lipinski definition) is 3. The predicted molar refractivity (Wildman–Crippen MR) is 76.6 cm³/mol. The standard InChI is InChI=1S/C15H21FN2O3/c1-21-12-7-10(6-11(16)8-12)9-17-15(20)18-13-4-2-3-5-14(13)19/h6-8,13-14,19H,2-5,9H2,1H3,(H2,17,18,20). The Bertz CT molecular complexity index is 496. The molecule has 2 unspecified atom stereocenters. The number of amides is 2. The highest BCUT2D eigenvalue weighted by atomic mass is 19.1. The van der Waals surface area contributed by atoms with Crippen LogP contribution in [0.25, 0.3) is 0 Å². The summed E-state index contributed by atoms with van der Waals surface area (Å²) >= 11 is 0. The highest BCUT2D eigenvalue weighted by Gasteiger charge is 2.24. The normalized spacial score (nSPS) is 21.7. The zero-order chi connectivity index (χ0) is 15.2. The molecule has 0 saturated heterocycles. The van der Waals surface area contributed by atoms with Gasteiger partial charge in [0.25, 0.3) is 0 Å². The van der Waals surface area contributed by atoms with Crippen molar-refractivity contribution < 1.29 is 19.0 Å². The maximum Gasteiger partial charge on any atom is 0.315 e. The van der Waals surface area contributed by atoms with Crippen LogP contribution in [0.3, 0.4) is 0 Å². The molecule has 5 nitrogen and oxygen atoms in total. The SMILES string of the molecule is COc1cc(F)cc(CNC(=O)NC2CCCCC2O)c1. The third-order valence-electron chi connectivity index (χ3n) is 3.67. The molecule has 1 saturated carbocycles. The topological polar surface area (TPSA) is 70.6 Å². The lowest BCUT2D eigenvalue weighted by atomic mass is 9.93. The van der Waals surface area contributed by atoms with Crippen molar-refractivity contribution in [3.63, 3.8) is 0 Å². The first kappa shape index (κ1) is 15.6. The summed E-state index contributed by atoms with van der Waals surface area (Å²) in [5.74, 6) is 0.00386. The van der Waals surface area contributed by atoms with E-state index in [-0.39, 0.29) is 18.6 Å². The van der Waals surface area contributed by atoms with Gasteiger partial charge in [-0.3, -0.25) is 0 Å². The molecule has 0 spiro atoms. The highest BCUT2D eigenvalue weighted by Crippen LogP contribution is 2.18. The van der Waals surface area contributed by atoms with Crippen molar-refractivity contribution in [2.45, 2.75) is 44.4 Å². The number of rotatable bonds is 4. The fraction of sp³-hybridized carbons (Fsp3) is 0.533. The van der Waals surface area contributed by atoms with E-state index in [1.165, 1.54) is 19.2 Å². The molecule has 2 amide bonds. The number of hydrogen-bond donors (Lipinski definition) is 3. The molecule has 0 aliphatic heterocycles. The van der Waals surface area contributed by atoms with Crippen molar-refractivity contribution in [3.8, 4) is 5.75 Å². The van der Waals surface area contributed by atoms with Crippen molar-refractivity contribution in [2.24, 2.45) is 0 Å². The number of aliphatic hydroxyl groups excluding tert-OH is 1. The Balaban J connectivity index is 1.84. The summed E-state index contributed by atoms with van der Waals surface area (Å²) in [5, 5.41) is 15.2.